The predicted octanol–water partition coefficient (Wildman–Crippen LogP) is 2.19. The van der Waals surface area contributed by atoms with Crippen molar-refractivity contribution in [2.24, 2.45) is 0 Å². The number of nitro benzene ring substituents is 1. The smallest absolute Gasteiger partial charge is 0.336 e. The lowest BCUT2D eigenvalue weighted by Gasteiger charge is -2.03. The van der Waals surface area contributed by atoms with Crippen LogP contribution in [0.4, 0.5) is 5.69 Å². The fraction of sp³-hybridized carbons (Fsp3) is 0. The van der Waals surface area contributed by atoms with Crippen molar-refractivity contribution in [3.8, 4) is 11.4 Å². The molecule has 0 N–H and O–H groups in total. The van der Waals surface area contributed by atoms with Crippen LogP contribution in [0.1, 0.15) is 5.56 Å². The molecule has 0 radical (unpaired) electrons. The second-order valence-electron chi connectivity index (χ2n) is 4.85. The Hall–Kier alpha value is -3.88. The van der Waals surface area contributed by atoms with Gasteiger partial charge in [0.1, 0.15) is 12.1 Å². The number of ether oxygens (including phenoxy) is 1. The van der Waals surface area contributed by atoms with Gasteiger partial charge in [-0.05, 0) is 46.3 Å². The van der Waals surface area contributed by atoms with E-state index in [1.165, 1.54) is 35.3 Å². The van der Waals surface area contributed by atoms with Crippen LogP contribution in [0.25, 0.3) is 11.8 Å². The molecule has 0 bridgehead atoms. The Bertz CT molecular complexity index is 920. The zero-order valence-corrected chi connectivity index (χ0v) is 12.7. The van der Waals surface area contributed by atoms with Crippen molar-refractivity contribution in [1.82, 2.24) is 20.2 Å². The molecular formula is C16H11N5O4. The lowest BCUT2D eigenvalue weighted by Crippen LogP contribution is -2.04. The molecule has 9 heteroatoms. The summed E-state index contributed by atoms with van der Waals surface area (Å²) in [6, 6.07) is 12.5. The highest BCUT2D eigenvalue weighted by Gasteiger charge is 2.05. The summed E-state index contributed by atoms with van der Waals surface area (Å²) >= 11 is 0. The predicted molar refractivity (Wildman–Crippen MR) is 86.9 cm³/mol. The summed E-state index contributed by atoms with van der Waals surface area (Å²) in [6.07, 6.45) is 4.10. The number of carbonyl (C=O) groups excluding carboxylic acids is 1. The SMILES string of the molecule is O=C(/C=C/c1cccc([N+](=O)[O-])c1)Oc1ccc(-n2cnnn2)cc1. The molecule has 0 unspecified atom stereocenters. The number of aromatic nitrogens is 4. The van der Waals surface area contributed by atoms with Crippen molar-refractivity contribution in [1.29, 1.82) is 0 Å². The van der Waals surface area contributed by atoms with Crippen molar-refractivity contribution < 1.29 is 14.5 Å². The first-order valence-corrected chi connectivity index (χ1v) is 7.09. The molecular weight excluding hydrogens is 326 g/mol. The number of hydrogen-bond acceptors (Lipinski definition) is 7. The van der Waals surface area contributed by atoms with Crippen molar-refractivity contribution in [3.05, 3.63) is 76.6 Å². The first kappa shape index (κ1) is 16.0. The van der Waals surface area contributed by atoms with Crippen LogP contribution in [0.15, 0.2) is 60.9 Å². The van der Waals surface area contributed by atoms with Crippen LogP contribution in [0, 0.1) is 10.1 Å². The van der Waals surface area contributed by atoms with E-state index in [9.17, 15) is 14.9 Å². The molecule has 0 aliphatic carbocycles. The Labute approximate surface area is 141 Å². The zero-order chi connectivity index (χ0) is 17.6. The summed E-state index contributed by atoms with van der Waals surface area (Å²) in [5.41, 5.74) is 1.20. The van der Waals surface area contributed by atoms with E-state index < -0.39 is 10.9 Å². The molecule has 25 heavy (non-hydrogen) atoms. The average Bonchev–Trinajstić information content (AvgIpc) is 3.15. The molecule has 9 nitrogen and oxygen atoms in total. The van der Waals surface area contributed by atoms with Crippen molar-refractivity contribution >= 4 is 17.7 Å². The van der Waals surface area contributed by atoms with Gasteiger partial charge in [-0.1, -0.05) is 12.1 Å². The number of tetrazole rings is 1. The van der Waals surface area contributed by atoms with Crippen molar-refractivity contribution in [2.45, 2.75) is 0 Å². The number of nitrogens with zero attached hydrogens (tertiary/aromatic N) is 5. The van der Waals surface area contributed by atoms with Crippen molar-refractivity contribution in [2.75, 3.05) is 0 Å². The van der Waals surface area contributed by atoms with E-state index in [1.54, 1.807) is 36.4 Å². The van der Waals surface area contributed by atoms with E-state index >= 15 is 0 Å². The first-order valence-electron chi connectivity index (χ1n) is 7.09. The molecule has 124 valence electrons. The Morgan fingerprint density at radius 1 is 1.20 bits per heavy atom. The Kier molecular flexibility index (Phi) is 4.56. The van der Waals surface area contributed by atoms with E-state index in [0.29, 0.717) is 11.3 Å². The number of esters is 1. The third-order valence-corrected chi connectivity index (χ3v) is 3.16. The normalized spacial score (nSPS) is 10.7. The van der Waals surface area contributed by atoms with Gasteiger partial charge in [0.25, 0.3) is 5.69 Å². The van der Waals surface area contributed by atoms with Gasteiger partial charge < -0.3 is 4.74 Å². The topological polar surface area (TPSA) is 113 Å². The van der Waals surface area contributed by atoms with Crippen LogP contribution in [-0.4, -0.2) is 31.1 Å². The fourth-order valence-corrected chi connectivity index (χ4v) is 2.00. The minimum absolute atomic E-state index is 0.0475. The molecule has 0 aliphatic heterocycles. The standard InChI is InChI=1S/C16H11N5O4/c22-16(9-4-12-2-1-3-14(10-12)21(23)24)25-15-7-5-13(6-8-15)20-11-17-18-19-20/h1-11H/b9-4+. The number of non-ortho nitro benzene ring substituents is 1. The Morgan fingerprint density at radius 2 is 2.00 bits per heavy atom. The van der Waals surface area contributed by atoms with Crippen LogP contribution in [0.5, 0.6) is 5.75 Å². The summed E-state index contributed by atoms with van der Waals surface area (Å²) in [5, 5.41) is 21.5. The van der Waals surface area contributed by atoms with Crippen molar-refractivity contribution in [3.63, 3.8) is 0 Å². The molecule has 1 aromatic heterocycles. The second-order valence-corrected chi connectivity index (χ2v) is 4.85. The monoisotopic (exact) mass is 337 g/mol. The molecule has 3 rings (SSSR count). The van der Waals surface area contributed by atoms with Gasteiger partial charge in [0.05, 0.1) is 10.6 Å². The van der Waals surface area contributed by atoms with Gasteiger partial charge in [-0.25, -0.2) is 9.48 Å². The fourth-order valence-electron chi connectivity index (χ4n) is 2.00. The summed E-state index contributed by atoms with van der Waals surface area (Å²) in [6.45, 7) is 0. The Morgan fingerprint density at radius 3 is 2.68 bits per heavy atom. The molecule has 0 atom stereocenters. The van der Waals surface area contributed by atoms with E-state index in [1.807, 2.05) is 0 Å². The molecule has 0 aliphatic rings. The van der Waals surface area contributed by atoms with Gasteiger partial charge in [-0.15, -0.1) is 5.10 Å². The third-order valence-electron chi connectivity index (χ3n) is 3.16. The molecule has 0 saturated heterocycles. The number of hydrogen-bond donors (Lipinski definition) is 0. The molecule has 0 saturated carbocycles. The molecule has 0 spiro atoms. The maximum Gasteiger partial charge on any atom is 0.336 e. The van der Waals surface area contributed by atoms with Gasteiger partial charge in [0.15, 0.2) is 0 Å². The van der Waals surface area contributed by atoms with Gasteiger partial charge in [0, 0.05) is 18.2 Å². The molecule has 0 amide bonds. The van der Waals surface area contributed by atoms with Gasteiger partial charge in [-0.3, -0.25) is 10.1 Å². The van der Waals surface area contributed by atoms with Crippen LogP contribution in [-0.2, 0) is 4.79 Å². The first-order chi connectivity index (χ1) is 12.1. The van der Waals surface area contributed by atoms with Crippen LogP contribution in [0.2, 0.25) is 0 Å². The lowest BCUT2D eigenvalue weighted by atomic mass is 10.2. The largest absolute Gasteiger partial charge is 0.423 e. The number of carbonyl (C=O) groups is 1. The van der Waals surface area contributed by atoms with Gasteiger partial charge >= 0.3 is 5.97 Å². The van der Waals surface area contributed by atoms with Gasteiger partial charge in [0.2, 0.25) is 0 Å². The molecule has 0 fully saturated rings. The van der Waals surface area contributed by atoms with Crippen LogP contribution < -0.4 is 4.74 Å². The maximum atomic E-state index is 11.8. The average molecular weight is 337 g/mol. The number of rotatable bonds is 5. The molecule has 3 aromatic rings. The summed E-state index contributed by atoms with van der Waals surface area (Å²) < 4.78 is 6.63. The Balaban J connectivity index is 1.64. The van der Waals surface area contributed by atoms with Crippen LogP contribution in [0.3, 0.4) is 0 Å². The van der Waals surface area contributed by atoms with E-state index in [-0.39, 0.29) is 5.69 Å². The zero-order valence-electron chi connectivity index (χ0n) is 12.7. The van der Waals surface area contributed by atoms with Gasteiger partial charge in [-0.2, -0.15) is 0 Å². The highest BCUT2D eigenvalue weighted by Crippen LogP contribution is 2.16. The highest BCUT2D eigenvalue weighted by atomic mass is 16.6. The van der Waals surface area contributed by atoms with E-state index in [2.05, 4.69) is 15.5 Å². The second kappa shape index (κ2) is 7.13. The molecule has 2 aromatic carbocycles. The van der Waals surface area contributed by atoms with E-state index in [0.717, 1.165) is 5.69 Å². The molecule has 1 heterocycles. The highest BCUT2D eigenvalue weighted by molar-refractivity contribution is 5.88. The minimum atomic E-state index is -0.596. The maximum absolute atomic E-state index is 11.8. The summed E-state index contributed by atoms with van der Waals surface area (Å²) in [4.78, 5) is 22.1. The quantitative estimate of drug-likeness (QED) is 0.230. The summed E-state index contributed by atoms with van der Waals surface area (Å²) in [5.74, 6) is -0.243. The summed E-state index contributed by atoms with van der Waals surface area (Å²) in [7, 11) is 0. The van der Waals surface area contributed by atoms with E-state index in [4.69, 9.17) is 4.74 Å². The van der Waals surface area contributed by atoms with Crippen LogP contribution >= 0.6 is 0 Å². The third kappa shape index (κ3) is 4.10. The minimum Gasteiger partial charge on any atom is -0.423 e. The lowest BCUT2D eigenvalue weighted by molar-refractivity contribution is -0.384. The number of benzene rings is 2. The number of nitro groups is 1.